The van der Waals surface area contributed by atoms with Crippen molar-refractivity contribution >= 4 is 5.97 Å². The number of carbonyl (C=O) groups is 1. The summed E-state index contributed by atoms with van der Waals surface area (Å²) in [5, 5.41) is 11.5. The van der Waals surface area contributed by atoms with Gasteiger partial charge in [-0.2, -0.15) is 13.2 Å². The van der Waals surface area contributed by atoms with E-state index in [2.05, 4.69) is 0 Å². The van der Waals surface area contributed by atoms with E-state index in [9.17, 15) is 23.1 Å². The molecular weight excluding hydrogens is 332 g/mol. The molecule has 3 nitrogen and oxygen atoms in total. The van der Waals surface area contributed by atoms with Gasteiger partial charge in [0.25, 0.3) is 0 Å². The fourth-order valence-electron chi connectivity index (χ4n) is 2.66. The Labute approximate surface area is 158 Å². The topological polar surface area (TPSA) is 52.7 Å². The van der Waals surface area contributed by atoms with Gasteiger partial charge in [0.15, 0.2) is 0 Å². The molecule has 2 atom stereocenters. The molecule has 120 valence electrons. The van der Waals surface area contributed by atoms with Crippen LogP contribution in [0.2, 0.25) is 0 Å². The number of hydrogen-bond acceptors (Lipinski definition) is 3. The van der Waals surface area contributed by atoms with Crippen LogP contribution in [0.3, 0.4) is 0 Å². The van der Waals surface area contributed by atoms with E-state index in [1.54, 1.807) is 30.3 Å². The number of ether oxygens (including phenoxy) is 1. The number of carboxylic acid groups (broad SMARTS) is 1. The third-order valence-corrected chi connectivity index (χ3v) is 3.86. The van der Waals surface area contributed by atoms with Crippen molar-refractivity contribution < 1.29 is 57.4 Å². The van der Waals surface area contributed by atoms with Crippen LogP contribution in [0.5, 0.6) is 0 Å². The molecule has 3 rings (SSSR count). The molecule has 2 unspecified atom stereocenters. The molecule has 1 heterocycles. The number of epoxide rings is 1. The molecule has 0 aliphatic carbocycles. The Morgan fingerprint density at radius 1 is 1.12 bits per heavy atom. The third kappa shape index (κ3) is 3.67. The van der Waals surface area contributed by atoms with Crippen molar-refractivity contribution in [1.29, 1.82) is 0 Å². The van der Waals surface area contributed by atoms with Gasteiger partial charge in [0.2, 0.25) is 0 Å². The maximum Gasteiger partial charge on any atom is 1.00 e. The van der Waals surface area contributed by atoms with Gasteiger partial charge < -0.3 is 14.6 Å². The zero-order chi connectivity index (χ0) is 16.7. The van der Waals surface area contributed by atoms with E-state index in [-0.39, 0.29) is 41.5 Å². The van der Waals surface area contributed by atoms with Crippen LogP contribution in [0.1, 0.15) is 22.8 Å². The SMILES string of the molecule is O=C([O-])C1(Cc2cccc(C(F)(F)F)c2)OC1c1ccccc1.[Na+]. The van der Waals surface area contributed by atoms with Gasteiger partial charge in [-0.15, -0.1) is 0 Å². The van der Waals surface area contributed by atoms with Crippen LogP contribution in [-0.4, -0.2) is 11.6 Å². The Balaban J connectivity index is 0.00000208. The molecule has 1 saturated heterocycles. The first-order valence-corrected chi connectivity index (χ1v) is 6.93. The van der Waals surface area contributed by atoms with Crippen molar-refractivity contribution in [2.45, 2.75) is 24.3 Å². The second kappa shape index (κ2) is 6.88. The number of benzene rings is 2. The number of alkyl halides is 3. The van der Waals surface area contributed by atoms with Gasteiger partial charge in [0.05, 0.1) is 11.5 Å². The Morgan fingerprint density at radius 2 is 1.79 bits per heavy atom. The van der Waals surface area contributed by atoms with E-state index >= 15 is 0 Å². The van der Waals surface area contributed by atoms with Gasteiger partial charge in [0, 0.05) is 6.42 Å². The summed E-state index contributed by atoms with van der Waals surface area (Å²) in [6.45, 7) is 0. The van der Waals surface area contributed by atoms with Crippen molar-refractivity contribution in [2.75, 3.05) is 0 Å². The van der Waals surface area contributed by atoms with Crippen LogP contribution in [-0.2, 0) is 22.1 Å². The van der Waals surface area contributed by atoms with E-state index in [1.807, 2.05) is 0 Å². The summed E-state index contributed by atoms with van der Waals surface area (Å²) in [6.07, 6.45) is -5.38. The Hall–Kier alpha value is -1.34. The predicted molar refractivity (Wildman–Crippen MR) is 73.2 cm³/mol. The molecule has 0 aromatic heterocycles. The summed E-state index contributed by atoms with van der Waals surface area (Å²) in [6, 6.07) is 13.3. The molecule has 0 N–H and O–H groups in total. The monoisotopic (exact) mass is 344 g/mol. The molecule has 0 bridgehead atoms. The van der Waals surface area contributed by atoms with Crippen LogP contribution in [0.4, 0.5) is 13.2 Å². The van der Waals surface area contributed by atoms with Crippen molar-refractivity contribution in [1.82, 2.24) is 0 Å². The second-order valence-corrected chi connectivity index (χ2v) is 5.46. The third-order valence-electron chi connectivity index (χ3n) is 3.86. The minimum atomic E-state index is -4.48. The van der Waals surface area contributed by atoms with Crippen LogP contribution in [0.15, 0.2) is 54.6 Å². The number of rotatable bonds is 4. The molecule has 0 amide bonds. The summed E-state index contributed by atoms with van der Waals surface area (Å²) >= 11 is 0. The first kappa shape index (κ1) is 19.0. The van der Waals surface area contributed by atoms with E-state index in [1.165, 1.54) is 12.1 Å². The Bertz CT molecular complexity index is 733. The molecule has 0 radical (unpaired) electrons. The molecule has 2 aromatic carbocycles. The van der Waals surface area contributed by atoms with Gasteiger partial charge in [-0.1, -0.05) is 48.5 Å². The molecular formula is C17H12F3NaO3. The first-order chi connectivity index (χ1) is 10.8. The fraction of sp³-hybridized carbons (Fsp3) is 0.235. The summed E-state index contributed by atoms with van der Waals surface area (Å²) in [5.74, 6) is -1.43. The summed E-state index contributed by atoms with van der Waals surface area (Å²) in [5.41, 5.74) is -1.54. The summed E-state index contributed by atoms with van der Waals surface area (Å²) < 4.78 is 43.6. The maximum absolute atomic E-state index is 12.8. The quantitative estimate of drug-likeness (QED) is 0.556. The maximum atomic E-state index is 12.8. The minimum Gasteiger partial charge on any atom is -0.547 e. The number of hydrogen-bond donors (Lipinski definition) is 0. The van der Waals surface area contributed by atoms with Gasteiger partial charge >= 0.3 is 35.7 Å². The Kier molecular flexibility index (Phi) is 5.44. The predicted octanol–water partition coefficient (Wildman–Crippen LogP) is -0.488. The van der Waals surface area contributed by atoms with Crippen molar-refractivity contribution in [3.8, 4) is 0 Å². The van der Waals surface area contributed by atoms with Gasteiger partial charge in [-0.05, 0) is 17.2 Å². The molecule has 2 aromatic rings. The number of carbonyl (C=O) groups excluding carboxylic acids is 1. The normalized spacial score (nSPS) is 22.5. The number of halogens is 3. The van der Waals surface area contributed by atoms with E-state index in [4.69, 9.17) is 4.74 Å². The first-order valence-electron chi connectivity index (χ1n) is 6.93. The molecule has 1 aliphatic rings. The van der Waals surface area contributed by atoms with Gasteiger partial charge in [0.1, 0.15) is 11.7 Å². The molecule has 0 saturated carbocycles. The van der Waals surface area contributed by atoms with Crippen LogP contribution >= 0.6 is 0 Å². The molecule has 1 aliphatic heterocycles. The average molecular weight is 344 g/mol. The summed E-state index contributed by atoms with van der Waals surface area (Å²) in [4.78, 5) is 11.5. The van der Waals surface area contributed by atoms with Crippen molar-refractivity contribution in [3.63, 3.8) is 0 Å². The largest absolute Gasteiger partial charge is 1.00 e. The van der Waals surface area contributed by atoms with Crippen molar-refractivity contribution in [2.24, 2.45) is 0 Å². The smallest absolute Gasteiger partial charge is 0.547 e. The number of carboxylic acids is 1. The van der Waals surface area contributed by atoms with Crippen LogP contribution < -0.4 is 34.7 Å². The van der Waals surface area contributed by atoms with Crippen molar-refractivity contribution in [3.05, 3.63) is 71.3 Å². The van der Waals surface area contributed by atoms with Gasteiger partial charge in [-0.25, -0.2) is 0 Å². The molecule has 1 fully saturated rings. The van der Waals surface area contributed by atoms with E-state index in [0.29, 0.717) is 5.56 Å². The summed E-state index contributed by atoms with van der Waals surface area (Å²) in [7, 11) is 0. The molecule has 0 spiro atoms. The van der Waals surface area contributed by atoms with E-state index in [0.717, 1.165) is 12.1 Å². The zero-order valence-electron chi connectivity index (χ0n) is 12.8. The zero-order valence-corrected chi connectivity index (χ0v) is 14.8. The minimum absolute atomic E-state index is 0. The fourth-order valence-corrected chi connectivity index (χ4v) is 2.66. The van der Waals surface area contributed by atoms with Crippen LogP contribution in [0, 0.1) is 0 Å². The Morgan fingerprint density at radius 3 is 2.38 bits per heavy atom. The molecule has 7 heteroatoms. The molecule has 24 heavy (non-hydrogen) atoms. The number of aliphatic carboxylic acids is 1. The van der Waals surface area contributed by atoms with E-state index < -0.39 is 29.4 Å². The average Bonchev–Trinajstić information content (AvgIpc) is 3.23. The van der Waals surface area contributed by atoms with Gasteiger partial charge in [-0.3, -0.25) is 0 Å². The standard InChI is InChI=1S/C17H13F3O3.Na/c18-17(19,20)13-8-4-5-11(9-13)10-16(15(21)22)14(23-16)12-6-2-1-3-7-12;/h1-9,14H,10H2,(H,21,22);/q;+1/p-1. The van der Waals surface area contributed by atoms with Crippen LogP contribution in [0.25, 0.3) is 0 Å². The second-order valence-electron chi connectivity index (χ2n) is 5.46.